The van der Waals surface area contributed by atoms with Crippen LogP contribution >= 0.6 is 11.6 Å². The molecule has 0 atom stereocenters. The molecule has 6 heteroatoms. The first-order valence-corrected chi connectivity index (χ1v) is 5.35. The van der Waals surface area contributed by atoms with Crippen molar-refractivity contribution in [3.05, 3.63) is 52.9 Å². The van der Waals surface area contributed by atoms with Crippen molar-refractivity contribution < 1.29 is 14.3 Å². The number of carboxylic acid groups (broad SMARTS) is 1. The molecule has 0 spiro atoms. The van der Waals surface area contributed by atoms with Gasteiger partial charge in [-0.2, -0.15) is 0 Å². The lowest BCUT2D eigenvalue weighted by Crippen LogP contribution is -1.99. The summed E-state index contributed by atoms with van der Waals surface area (Å²) in [5, 5.41) is 11.6. The summed E-state index contributed by atoms with van der Waals surface area (Å²) < 4.78 is 12.9. The average molecular weight is 267 g/mol. The molecule has 0 bridgehead atoms. The van der Waals surface area contributed by atoms with Crippen LogP contribution in [0.5, 0.6) is 0 Å². The van der Waals surface area contributed by atoms with Gasteiger partial charge in [-0.05, 0) is 30.3 Å². The van der Waals surface area contributed by atoms with E-state index in [1.54, 1.807) is 0 Å². The number of hydrogen-bond acceptors (Lipinski definition) is 3. The number of rotatable bonds is 3. The molecule has 4 nitrogen and oxygen atoms in total. The minimum Gasteiger partial charge on any atom is -0.478 e. The summed E-state index contributed by atoms with van der Waals surface area (Å²) in [6.07, 6.45) is 1.23. The van der Waals surface area contributed by atoms with Crippen LogP contribution < -0.4 is 5.32 Å². The summed E-state index contributed by atoms with van der Waals surface area (Å²) in [7, 11) is 0. The van der Waals surface area contributed by atoms with Gasteiger partial charge in [-0.15, -0.1) is 0 Å². The van der Waals surface area contributed by atoms with E-state index in [0.29, 0.717) is 11.5 Å². The second-order valence-electron chi connectivity index (χ2n) is 3.49. The van der Waals surface area contributed by atoms with Crippen molar-refractivity contribution in [1.29, 1.82) is 0 Å². The number of carboxylic acids is 1. The van der Waals surface area contributed by atoms with Gasteiger partial charge in [-0.3, -0.25) is 0 Å². The van der Waals surface area contributed by atoms with Gasteiger partial charge in [-0.1, -0.05) is 11.6 Å². The lowest BCUT2D eigenvalue weighted by Gasteiger charge is -2.06. The van der Waals surface area contributed by atoms with Crippen molar-refractivity contribution in [2.45, 2.75) is 0 Å². The van der Waals surface area contributed by atoms with E-state index < -0.39 is 11.8 Å². The van der Waals surface area contributed by atoms with E-state index in [1.807, 2.05) is 0 Å². The van der Waals surface area contributed by atoms with E-state index in [0.717, 1.165) is 0 Å². The molecule has 0 saturated heterocycles. The molecule has 2 aromatic rings. The van der Waals surface area contributed by atoms with Crippen LogP contribution in [0.3, 0.4) is 0 Å². The van der Waals surface area contributed by atoms with Gasteiger partial charge in [0.2, 0.25) is 0 Å². The molecule has 1 aromatic carbocycles. The standard InChI is InChI=1S/C12H8ClFN2O2/c13-9-5-8(2-3-10(9)14)16-11-4-1-7(6-15-11)12(17)18/h1-6H,(H,15,16)(H,17,18). The number of aromatic nitrogens is 1. The number of hydrogen-bond donors (Lipinski definition) is 2. The quantitative estimate of drug-likeness (QED) is 0.895. The molecule has 2 N–H and O–H groups in total. The second-order valence-corrected chi connectivity index (χ2v) is 3.90. The van der Waals surface area contributed by atoms with Gasteiger partial charge in [0, 0.05) is 11.9 Å². The first-order valence-electron chi connectivity index (χ1n) is 4.97. The highest BCUT2D eigenvalue weighted by molar-refractivity contribution is 6.31. The molecule has 1 aromatic heterocycles. The summed E-state index contributed by atoms with van der Waals surface area (Å²) in [6.45, 7) is 0. The largest absolute Gasteiger partial charge is 0.478 e. The van der Waals surface area contributed by atoms with Crippen molar-refractivity contribution in [3.63, 3.8) is 0 Å². The molecule has 0 saturated carbocycles. The van der Waals surface area contributed by atoms with Gasteiger partial charge < -0.3 is 10.4 Å². The smallest absolute Gasteiger partial charge is 0.337 e. The second kappa shape index (κ2) is 5.01. The van der Waals surface area contributed by atoms with Crippen LogP contribution in [-0.2, 0) is 0 Å². The summed E-state index contributed by atoms with van der Waals surface area (Å²) in [5.74, 6) is -1.10. The first kappa shape index (κ1) is 12.3. The van der Waals surface area contributed by atoms with E-state index in [4.69, 9.17) is 16.7 Å². The van der Waals surface area contributed by atoms with E-state index >= 15 is 0 Å². The monoisotopic (exact) mass is 266 g/mol. The van der Waals surface area contributed by atoms with Crippen LogP contribution in [0.1, 0.15) is 10.4 Å². The Hall–Kier alpha value is -2.14. The van der Waals surface area contributed by atoms with Gasteiger partial charge in [0.15, 0.2) is 0 Å². The van der Waals surface area contributed by atoms with Crippen LogP contribution in [0.25, 0.3) is 0 Å². The SMILES string of the molecule is O=C(O)c1ccc(Nc2ccc(F)c(Cl)c2)nc1. The highest BCUT2D eigenvalue weighted by Gasteiger charge is 2.04. The number of nitrogens with one attached hydrogen (secondary N) is 1. The van der Waals surface area contributed by atoms with Crippen molar-refractivity contribution >= 4 is 29.1 Å². The Morgan fingerprint density at radius 2 is 2.11 bits per heavy atom. The molecule has 1 heterocycles. The number of pyridine rings is 1. The topological polar surface area (TPSA) is 62.2 Å². The van der Waals surface area contributed by atoms with Crippen LogP contribution in [0, 0.1) is 5.82 Å². The summed E-state index contributed by atoms with van der Waals surface area (Å²) in [4.78, 5) is 14.6. The Bertz CT molecular complexity index is 587. The molecule has 0 aliphatic rings. The molecule has 92 valence electrons. The zero-order valence-electron chi connectivity index (χ0n) is 9.02. The fourth-order valence-electron chi connectivity index (χ4n) is 1.32. The molecule has 0 aliphatic carbocycles. The number of nitrogens with zero attached hydrogens (tertiary/aromatic N) is 1. The minimum absolute atomic E-state index is 0.00200. The number of benzene rings is 1. The maximum absolute atomic E-state index is 12.9. The highest BCUT2D eigenvalue weighted by atomic mass is 35.5. The first-order chi connectivity index (χ1) is 8.56. The molecule has 18 heavy (non-hydrogen) atoms. The number of carbonyl (C=O) groups is 1. The molecule has 0 radical (unpaired) electrons. The van der Waals surface area contributed by atoms with E-state index in [-0.39, 0.29) is 10.6 Å². The third-order valence-electron chi connectivity index (χ3n) is 2.20. The predicted molar refractivity (Wildman–Crippen MR) is 65.9 cm³/mol. The lowest BCUT2D eigenvalue weighted by molar-refractivity contribution is 0.0696. The van der Waals surface area contributed by atoms with Crippen LogP contribution in [0.2, 0.25) is 5.02 Å². The van der Waals surface area contributed by atoms with Crippen molar-refractivity contribution in [3.8, 4) is 0 Å². The zero-order valence-corrected chi connectivity index (χ0v) is 9.78. The maximum atomic E-state index is 12.9. The maximum Gasteiger partial charge on any atom is 0.337 e. The summed E-state index contributed by atoms with van der Waals surface area (Å²) >= 11 is 5.63. The molecule has 2 rings (SSSR count). The van der Waals surface area contributed by atoms with Crippen LogP contribution in [-0.4, -0.2) is 16.1 Å². The fraction of sp³-hybridized carbons (Fsp3) is 0. The zero-order chi connectivity index (χ0) is 13.1. The molecular formula is C12H8ClFN2O2. The predicted octanol–water partition coefficient (Wildman–Crippen LogP) is 3.32. The molecule has 0 aliphatic heterocycles. The molecule has 0 fully saturated rings. The Kier molecular flexibility index (Phi) is 3.43. The molecular weight excluding hydrogens is 259 g/mol. The summed E-state index contributed by atoms with van der Waals surface area (Å²) in [5.41, 5.74) is 0.662. The van der Waals surface area contributed by atoms with Crippen molar-refractivity contribution in [2.24, 2.45) is 0 Å². The van der Waals surface area contributed by atoms with Crippen LogP contribution in [0.4, 0.5) is 15.9 Å². The molecule has 0 unspecified atom stereocenters. The van der Waals surface area contributed by atoms with Gasteiger partial charge in [0.25, 0.3) is 0 Å². The van der Waals surface area contributed by atoms with Crippen LogP contribution in [0.15, 0.2) is 36.5 Å². The normalized spacial score (nSPS) is 10.1. The lowest BCUT2D eigenvalue weighted by atomic mass is 10.2. The van der Waals surface area contributed by atoms with Crippen molar-refractivity contribution in [2.75, 3.05) is 5.32 Å². The highest BCUT2D eigenvalue weighted by Crippen LogP contribution is 2.21. The van der Waals surface area contributed by atoms with Gasteiger partial charge >= 0.3 is 5.97 Å². The van der Waals surface area contributed by atoms with Gasteiger partial charge in [0.05, 0.1) is 10.6 Å². The number of aromatic carboxylic acids is 1. The Balaban J connectivity index is 2.18. The van der Waals surface area contributed by atoms with E-state index in [2.05, 4.69) is 10.3 Å². The Morgan fingerprint density at radius 3 is 2.67 bits per heavy atom. The van der Waals surface area contributed by atoms with Crippen molar-refractivity contribution in [1.82, 2.24) is 4.98 Å². The number of anilines is 2. The summed E-state index contributed by atoms with van der Waals surface area (Å²) in [6, 6.07) is 7.09. The minimum atomic E-state index is -1.04. The Morgan fingerprint density at radius 1 is 1.33 bits per heavy atom. The average Bonchev–Trinajstić information content (AvgIpc) is 2.34. The third-order valence-corrected chi connectivity index (χ3v) is 2.49. The molecule has 0 amide bonds. The fourth-order valence-corrected chi connectivity index (χ4v) is 1.50. The van der Waals surface area contributed by atoms with E-state index in [9.17, 15) is 9.18 Å². The van der Waals surface area contributed by atoms with Gasteiger partial charge in [0.1, 0.15) is 11.6 Å². The van der Waals surface area contributed by atoms with Gasteiger partial charge in [-0.25, -0.2) is 14.2 Å². The third kappa shape index (κ3) is 2.75. The van der Waals surface area contributed by atoms with E-state index in [1.165, 1.54) is 36.5 Å². The Labute approximate surface area is 107 Å². The number of halogens is 2.